The smallest absolute Gasteiger partial charge is 0.410 e. The molecule has 0 radical (unpaired) electrons. The van der Waals surface area contributed by atoms with Crippen molar-refractivity contribution in [2.75, 3.05) is 6.54 Å². The van der Waals surface area contributed by atoms with Crippen LogP contribution in [0.25, 0.3) is 0 Å². The highest BCUT2D eigenvalue weighted by Gasteiger charge is 2.36. The number of carbonyl (C=O) groups excluding carboxylic acids is 1. The largest absolute Gasteiger partial charge is 0.444 e. The lowest BCUT2D eigenvalue weighted by Crippen LogP contribution is -2.50. The van der Waals surface area contributed by atoms with Gasteiger partial charge in [0.15, 0.2) is 0 Å². The van der Waals surface area contributed by atoms with E-state index in [4.69, 9.17) is 4.74 Å². The van der Waals surface area contributed by atoms with Gasteiger partial charge in [0.05, 0.1) is 18.0 Å². The summed E-state index contributed by atoms with van der Waals surface area (Å²) in [5.41, 5.74) is -0.487. The zero-order chi connectivity index (χ0) is 14.6. The molecular weight excluding hydrogens is 240 g/mol. The van der Waals surface area contributed by atoms with Crippen molar-refractivity contribution in [2.24, 2.45) is 11.8 Å². The van der Waals surface area contributed by atoms with Crippen LogP contribution in [-0.4, -0.2) is 29.2 Å². The topological polar surface area (TPSA) is 53.3 Å². The van der Waals surface area contributed by atoms with E-state index in [0.29, 0.717) is 6.54 Å². The van der Waals surface area contributed by atoms with E-state index in [1.54, 1.807) is 4.90 Å². The molecule has 0 aromatic carbocycles. The number of amides is 1. The molecule has 0 N–H and O–H groups in total. The molecule has 0 aromatic rings. The van der Waals surface area contributed by atoms with Crippen molar-refractivity contribution in [3.63, 3.8) is 0 Å². The first-order valence-corrected chi connectivity index (χ1v) is 7.15. The van der Waals surface area contributed by atoms with E-state index >= 15 is 0 Å². The van der Waals surface area contributed by atoms with Gasteiger partial charge in [0.2, 0.25) is 0 Å². The van der Waals surface area contributed by atoms with E-state index in [1.807, 2.05) is 34.6 Å². The van der Waals surface area contributed by atoms with Gasteiger partial charge in [-0.3, -0.25) is 0 Å². The lowest BCUT2D eigenvalue weighted by atomic mass is 9.84. The van der Waals surface area contributed by atoms with Crippen LogP contribution in [0.3, 0.4) is 0 Å². The Balaban J connectivity index is 2.83. The molecule has 108 valence electrons. The van der Waals surface area contributed by atoms with Crippen LogP contribution < -0.4 is 0 Å². The van der Waals surface area contributed by atoms with Crippen molar-refractivity contribution >= 4 is 6.09 Å². The van der Waals surface area contributed by atoms with Gasteiger partial charge >= 0.3 is 6.09 Å². The molecule has 0 aromatic heterocycles. The lowest BCUT2D eigenvalue weighted by molar-refractivity contribution is 0.00235. The SMILES string of the molecule is CC(C)C(C#N)C1CCCCN1C(=O)OC(C)(C)C. The summed E-state index contributed by atoms with van der Waals surface area (Å²) in [5, 5.41) is 9.35. The molecule has 4 nitrogen and oxygen atoms in total. The lowest BCUT2D eigenvalue weighted by Gasteiger charge is -2.39. The summed E-state index contributed by atoms with van der Waals surface area (Å²) in [7, 11) is 0. The minimum absolute atomic E-state index is 0.00593. The van der Waals surface area contributed by atoms with Crippen LogP contribution in [0.5, 0.6) is 0 Å². The Labute approximate surface area is 116 Å². The van der Waals surface area contributed by atoms with Gasteiger partial charge in [0.25, 0.3) is 0 Å². The third-order valence-electron chi connectivity index (χ3n) is 3.46. The molecule has 1 aliphatic rings. The Morgan fingerprint density at radius 1 is 1.37 bits per heavy atom. The maximum Gasteiger partial charge on any atom is 0.410 e. The van der Waals surface area contributed by atoms with Crippen molar-refractivity contribution in [1.82, 2.24) is 4.90 Å². The van der Waals surface area contributed by atoms with E-state index in [1.165, 1.54) is 0 Å². The zero-order valence-electron chi connectivity index (χ0n) is 12.8. The molecule has 1 rings (SSSR count). The monoisotopic (exact) mass is 266 g/mol. The van der Waals surface area contributed by atoms with Gasteiger partial charge in [-0.15, -0.1) is 0 Å². The standard InChI is InChI=1S/C15H26N2O2/c1-11(2)12(10-16)13-8-6-7-9-17(13)14(18)19-15(3,4)5/h11-13H,6-9H2,1-5H3. The molecule has 2 unspecified atom stereocenters. The van der Waals surface area contributed by atoms with Gasteiger partial charge in [-0.2, -0.15) is 5.26 Å². The summed E-state index contributed by atoms with van der Waals surface area (Å²) < 4.78 is 5.46. The summed E-state index contributed by atoms with van der Waals surface area (Å²) in [6.45, 7) is 10.4. The van der Waals surface area contributed by atoms with Crippen molar-refractivity contribution in [3.05, 3.63) is 0 Å². The van der Waals surface area contributed by atoms with Gasteiger partial charge in [-0.1, -0.05) is 13.8 Å². The second-order valence-corrected chi connectivity index (χ2v) is 6.64. The number of nitriles is 1. The number of likely N-dealkylation sites (tertiary alicyclic amines) is 1. The fourth-order valence-electron chi connectivity index (χ4n) is 2.56. The summed E-state index contributed by atoms with van der Waals surface area (Å²) in [6.07, 6.45) is 2.69. The van der Waals surface area contributed by atoms with Crippen LogP contribution in [-0.2, 0) is 4.74 Å². The second kappa shape index (κ2) is 6.27. The predicted octanol–water partition coefficient (Wildman–Crippen LogP) is 3.57. The highest BCUT2D eigenvalue weighted by molar-refractivity contribution is 5.68. The van der Waals surface area contributed by atoms with Gasteiger partial charge in [-0.25, -0.2) is 4.79 Å². The van der Waals surface area contributed by atoms with Crippen LogP contribution in [0.2, 0.25) is 0 Å². The quantitative estimate of drug-likeness (QED) is 0.767. The summed E-state index contributed by atoms with van der Waals surface area (Å²) in [4.78, 5) is 14.0. The van der Waals surface area contributed by atoms with E-state index in [2.05, 4.69) is 6.07 Å². The first kappa shape index (κ1) is 15.8. The van der Waals surface area contributed by atoms with Gasteiger partial charge < -0.3 is 9.64 Å². The molecule has 0 bridgehead atoms. The average molecular weight is 266 g/mol. The Morgan fingerprint density at radius 2 is 2.00 bits per heavy atom. The number of carbonyl (C=O) groups is 1. The summed E-state index contributed by atoms with van der Waals surface area (Å²) >= 11 is 0. The molecule has 0 saturated carbocycles. The van der Waals surface area contributed by atoms with Crippen molar-refractivity contribution in [1.29, 1.82) is 5.26 Å². The first-order valence-electron chi connectivity index (χ1n) is 7.15. The van der Waals surface area contributed by atoms with E-state index in [9.17, 15) is 10.1 Å². The van der Waals surface area contributed by atoms with E-state index in [-0.39, 0.29) is 24.0 Å². The molecule has 19 heavy (non-hydrogen) atoms. The Morgan fingerprint density at radius 3 is 2.47 bits per heavy atom. The molecule has 1 saturated heterocycles. The number of rotatable bonds is 2. The molecule has 4 heteroatoms. The molecule has 1 fully saturated rings. The molecule has 0 spiro atoms. The molecule has 2 atom stereocenters. The van der Waals surface area contributed by atoms with Crippen LogP contribution >= 0.6 is 0 Å². The average Bonchev–Trinajstić information content (AvgIpc) is 2.27. The first-order chi connectivity index (χ1) is 8.76. The van der Waals surface area contributed by atoms with Crippen molar-refractivity contribution in [3.8, 4) is 6.07 Å². The normalized spacial score (nSPS) is 21.9. The van der Waals surface area contributed by atoms with Crippen molar-refractivity contribution < 1.29 is 9.53 Å². The summed E-state index contributed by atoms with van der Waals surface area (Å²) in [5.74, 6) is 0.130. The number of hydrogen-bond donors (Lipinski definition) is 0. The number of ether oxygens (including phenoxy) is 1. The van der Waals surface area contributed by atoms with Crippen LogP contribution in [0.15, 0.2) is 0 Å². The third-order valence-corrected chi connectivity index (χ3v) is 3.46. The zero-order valence-corrected chi connectivity index (χ0v) is 12.8. The molecular formula is C15H26N2O2. The fraction of sp³-hybridized carbons (Fsp3) is 0.867. The minimum atomic E-state index is -0.487. The van der Waals surface area contributed by atoms with Crippen molar-refractivity contribution in [2.45, 2.75) is 65.5 Å². The second-order valence-electron chi connectivity index (χ2n) is 6.64. The van der Waals surface area contributed by atoms with Gasteiger partial charge in [-0.05, 0) is 46.0 Å². The van der Waals surface area contributed by atoms with Crippen LogP contribution in [0, 0.1) is 23.2 Å². The molecule has 1 heterocycles. The van der Waals surface area contributed by atoms with Crippen LogP contribution in [0.1, 0.15) is 53.9 Å². The Kier molecular flexibility index (Phi) is 5.22. The van der Waals surface area contributed by atoms with Crippen LogP contribution in [0.4, 0.5) is 4.79 Å². The molecule has 0 aliphatic carbocycles. The number of piperidine rings is 1. The minimum Gasteiger partial charge on any atom is -0.444 e. The predicted molar refractivity (Wildman–Crippen MR) is 74.5 cm³/mol. The van der Waals surface area contributed by atoms with E-state index in [0.717, 1.165) is 19.3 Å². The summed E-state index contributed by atoms with van der Waals surface area (Å²) in [6, 6.07) is 2.36. The highest BCUT2D eigenvalue weighted by Crippen LogP contribution is 2.29. The highest BCUT2D eigenvalue weighted by atomic mass is 16.6. The molecule has 1 aliphatic heterocycles. The maximum atomic E-state index is 12.3. The maximum absolute atomic E-state index is 12.3. The molecule has 1 amide bonds. The number of hydrogen-bond acceptors (Lipinski definition) is 3. The van der Waals surface area contributed by atoms with Gasteiger partial charge in [0.1, 0.15) is 5.60 Å². The Bertz CT molecular complexity index is 352. The fourth-order valence-corrected chi connectivity index (χ4v) is 2.56. The third kappa shape index (κ3) is 4.41. The van der Waals surface area contributed by atoms with Gasteiger partial charge in [0, 0.05) is 6.54 Å². The van der Waals surface area contributed by atoms with E-state index < -0.39 is 5.60 Å². The number of nitrogens with zero attached hydrogens (tertiary/aromatic N) is 2. The Hall–Kier alpha value is -1.24.